The summed E-state index contributed by atoms with van der Waals surface area (Å²) in [5, 5.41) is 3.02. The molecule has 1 N–H and O–H groups in total. The molecule has 2 heterocycles. The van der Waals surface area contributed by atoms with Crippen molar-refractivity contribution in [1.82, 2.24) is 14.9 Å². The number of carbonyl (C=O) groups excluding carboxylic acids is 1. The summed E-state index contributed by atoms with van der Waals surface area (Å²) in [6, 6.07) is 6.83. The van der Waals surface area contributed by atoms with Crippen molar-refractivity contribution < 1.29 is 13.2 Å². The Morgan fingerprint density at radius 2 is 2.26 bits per heavy atom. The number of hydrogen-bond acceptors (Lipinski definition) is 4. The van der Waals surface area contributed by atoms with Crippen LogP contribution in [0.5, 0.6) is 0 Å². The van der Waals surface area contributed by atoms with Crippen LogP contribution in [0.25, 0.3) is 0 Å². The minimum Gasteiger partial charge on any atom is -0.347 e. The molecule has 3 rings (SSSR count). The Morgan fingerprint density at radius 1 is 1.43 bits per heavy atom. The van der Waals surface area contributed by atoms with Crippen LogP contribution >= 0.6 is 0 Å². The molecular weight excluding hydrogens is 314 g/mol. The van der Waals surface area contributed by atoms with Gasteiger partial charge in [0.1, 0.15) is 5.82 Å². The maximum Gasteiger partial charge on any atom is 0.251 e. The van der Waals surface area contributed by atoms with E-state index in [9.17, 15) is 13.2 Å². The van der Waals surface area contributed by atoms with Crippen LogP contribution in [0.4, 0.5) is 0 Å². The van der Waals surface area contributed by atoms with Crippen molar-refractivity contribution in [2.24, 2.45) is 0 Å². The van der Waals surface area contributed by atoms with Gasteiger partial charge in [0.05, 0.1) is 5.75 Å². The molecule has 1 aliphatic heterocycles. The highest BCUT2D eigenvalue weighted by Gasteiger charge is 2.21. The van der Waals surface area contributed by atoms with Gasteiger partial charge < -0.3 is 9.88 Å². The molecule has 122 valence electrons. The summed E-state index contributed by atoms with van der Waals surface area (Å²) in [4.78, 5) is 16.7. The first kappa shape index (κ1) is 15.7. The number of nitrogens with one attached hydrogen (secondary N) is 1. The fourth-order valence-electron chi connectivity index (χ4n) is 2.86. The Labute approximate surface area is 135 Å². The lowest BCUT2D eigenvalue weighted by molar-refractivity contribution is 0.0927. The van der Waals surface area contributed by atoms with E-state index in [4.69, 9.17) is 0 Å². The van der Waals surface area contributed by atoms with Gasteiger partial charge in [-0.25, -0.2) is 13.4 Å². The normalized spacial score (nSPS) is 17.5. The van der Waals surface area contributed by atoms with E-state index in [1.807, 2.05) is 6.20 Å². The van der Waals surface area contributed by atoms with Crippen molar-refractivity contribution >= 4 is 15.7 Å². The van der Waals surface area contributed by atoms with Gasteiger partial charge in [-0.3, -0.25) is 4.79 Å². The number of rotatable bonds is 4. The summed E-state index contributed by atoms with van der Waals surface area (Å²) in [6.07, 6.45) is 6.57. The molecule has 1 amide bonds. The molecule has 6 nitrogen and oxygen atoms in total. The van der Waals surface area contributed by atoms with Crippen LogP contribution in [-0.4, -0.2) is 36.2 Å². The zero-order chi connectivity index (χ0) is 16.4. The Morgan fingerprint density at radius 3 is 3.04 bits per heavy atom. The predicted octanol–water partition coefficient (Wildman–Crippen LogP) is 1.17. The highest BCUT2D eigenvalue weighted by atomic mass is 32.2. The number of sulfone groups is 1. The lowest BCUT2D eigenvalue weighted by atomic mass is 10.1. The van der Waals surface area contributed by atoms with Gasteiger partial charge in [-0.2, -0.15) is 0 Å². The minimum absolute atomic E-state index is 0.0581. The molecule has 7 heteroatoms. The largest absolute Gasteiger partial charge is 0.347 e. The van der Waals surface area contributed by atoms with Crippen LogP contribution in [0.15, 0.2) is 36.7 Å². The second-order valence-electron chi connectivity index (χ2n) is 5.98. The van der Waals surface area contributed by atoms with E-state index in [1.54, 1.807) is 30.5 Å². The van der Waals surface area contributed by atoms with E-state index in [0.29, 0.717) is 17.7 Å². The Bertz CT molecular complexity index is 827. The minimum atomic E-state index is -3.12. The van der Waals surface area contributed by atoms with Crippen molar-refractivity contribution in [3.8, 4) is 0 Å². The first-order valence-electron chi connectivity index (χ1n) is 7.48. The van der Waals surface area contributed by atoms with Crippen LogP contribution < -0.4 is 5.32 Å². The third-order valence-electron chi connectivity index (χ3n) is 3.89. The first-order chi connectivity index (χ1) is 10.9. The van der Waals surface area contributed by atoms with Crippen LogP contribution in [0.3, 0.4) is 0 Å². The fourth-order valence-corrected chi connectivity index (χ4v) is 3.64. The maximum absolute atomic E-state index is 12.4. The highest BCUT2D eigenvalue weighted by Crippen LogP contribution is 2.14. The summed E-state index contributed by atoms with van der Waals surface area (Å²) in [6.45, 7) is 0.712. The third-order valence-corrected chi connectivity index (χ3v) is 4.75. The standard InChI is InChI=1S/C16H19N3O3S/c1-23(21,22)11-12-3-2-4-13(9-12)16(20)18-14-5-6-15-17-7-8-19(15)10-14/h2-4,7-9,14H,5-6,10-11H2,1H3,(H,18,20)/t14-/m1/s1. The molecule has 0 saturated carbocycles. The van der Waals surface area contributed by atoms with E-state index in [0.717, 1.165) is 18.7 Å². The van der Waals surface area contributed by atoms with Crippen LogP contribution in [0, 0.1) is 0 Å². The van der Waals surface area contributed by atoms with E-state index < -0.39 is 9.84 Å². The average molecular weight is 333 g/mol. The smallest absolute Gasteiger partial charge is 0.251 e. The Kier molecular flexibility index (Phi) is 4.21. The van der Waals surface area contributed by atoms with Crippen molar-refractivity contribution in [2.75, 3.05) is 6.26 Å². The molecule has 1 aliphatic rings. The number of hydrogen-bond donors (Lipinski definition) is 1. The number of aromatic nitrogens is 2. The molecule has 0 bridgehead atoms. The highest BCUT2D eigenvalue weighted by molar-refractivity contribution is 7.89. The van der Waals surface area contributed by atoms with E-state index >= 15 is 0 Å². The molecule has 23 heavy (non-hydrogen) atoms. The summed E-state index contributed by atoms with van der Waals surface area (Å²) in [7, 11) is -3.12. The topological polar surface area (TPSA) is 81.1 Å². The van der Waals surface area contributed by atoms with Gasteiger partial charge >= 0.3 is 0 Å². The molecule has 0 saturated heterocycles. The Balaban J connectivity index is 1.68. The van der Waals surface area contributed by atoms with Gasteiger partial charge in [-0.15, -0.1) is 0 Å². The van der Waals surface area contributed by atoms with Gasteiger partial charge in [0.2, 0.25) is 0 Å². The zero-order valence-electron chi connectivity index (χ0n) is 12.9. The molecule has 1 aromatic carbocycles. The van der Waals surface area contributed by atoms with Gasteiger partial charge in [0, 0.05) is 43.2 Å². The van der Waals surface area contributed by atoms with Crippen LogP contribution in [0.1, 0.15) is 28.2 Å². The molecular formula is C16H19N3O3S. The molecule has 0 spiro atoms. The molecule has 0 unspecified atom stereocenters. The van der Waals surface area contributed by atoms with Gasteiger partial charge in [0.15, 0.2) is 9.84 Å². The van der Waals surface area contributed by atoms with Crippen molar-refractivity contribution in [1.29, 1.82) is 0 Å². The summed E-state index contributed by atoms with van der Waals surface area (Å²) < 4.78 is 24.8. The third kappa shape index (κ3) is 3.98. The lowest BCUT2D eigenvalue weighted by Crippen LogP contribution is -2.40. The van der Waals surface area contributed by atoms with Crippen molar-refractivity contribution in [2.45, 2.75) is 31.2 Å². The molecule has 0 aliphatic carbocycles. The number of fused-ring (bicyclic) bond motifs is 1. The molecule has 1 atom stereocenters. The summed E-state index contributed by atoms with van der Waals surface area (Å²) in [5.74, 6) is 0.815. The number of nitrogens with zero attached hydrogens (tertiary/aromatic N) is 2. The maximum atomic E-state index is 12.4. The number of aryl methyl sites for hydroxylation is 1. The van der Waals surface area contributed by atoms with Crippen molar-refractivity contribution in [3.63, 3.8) is 0 Å². The number of carbonyl (C=O) groups is 1. The molecule has 2 aromatic rings. The number of amides is 1. The van der Waals surface area contributed by atoms with Gasteiger partial charge in [0.25, 0.3) is 5.91 Å². The predicted molar refractivity (Wildman–Crippen MR) is 86.8 cm³/mol. The lowest BCUT2D eigenvalue weighted by Gasteiger charge is -2.24. The monoisotopic (exact) mass is 333 g/mol. The van der Waals surface area contributed by atoms with Crippen LogP contribution in [-0.2, 0) is 28.6 Å². The first-order valence-corrected chi connectivity index (χ1v) is 9.54. The van der Waals surface area contributed by atoms with Gasteiger partial charge in [-0.1, -0.05) is 12.1 Å². The van der Waals surface area contributed by atoms with Crippen LogP contribution in [0.2, 0.25) is 0 Å². The molecule has 0 radical (unpaired) electrons. The van der Waals surface area contributed by atoms with Gasteiger partial charge in [-0.05, 0) is 24.1 Å². The Hall–Kier alpha value is -2.15. The zero-order valence-corrected chi connectivity index (χ0v) is 13.7. The average Bonchev–Trinajstić information content (AvgIpc) is 2.93. The summed E-state index contributed by atoms with van der Waals surface area (Å²) in [5.41, 5.74) is 1.11. The second kappa shape index (κ2) is 6.16. The second-order valence-corrected chi connectivity index (χ2v) is 8.12. The van der Waals surface area contributed by atoms with Crippen molar-refractivity contribution in [3.05, 3.63) is 53.6 Å². The van der Waals surface area contributed by atoms with E-state index in [1.165, 1.54) is 6.26 Å². The molecule has 1 aromatic heterocycles. The SMILES string of the molecule is CS(=O)(=O)Cc1cccc(C(=O)N[C@@H]2CCc3nccn3C2)c1. The summed E-state index contributed by atoms with van der Waals surface area (Å²) >= 11 is 0. The fraction of sp³-hybridized carbons (Fsp3) is 0.375. The number of benzene rings is 1. The van der Waals surface area contributed by atoms with E-state index in [-0.39, 0.29) is 17.7 Å². The quantitative estimate of drug-likeness (QED) is 0.911. The van der Waals surface area contributed by atoms with E-state index in [2.05, 4.69) is 14.9 Å². The molecule has 0 fully saturated rings. The number of imidazole rings is 1.